The van der Waals surface area contributed by atoms with E-state index in [0.717, 1.165) is 11.3 Å². The van der Waals surface area contributed by atoms with Crippen molar-refractivity contribution in [1.82, 2.24) is 9.78 Å². The maximum absolute atomic E-state index is 8.68. The lowest BCUT2D eigenvalue weighted by molar-refractivity contribution is 0.322. The third kappa shape index (κ3) is 3.02. The Morgan fingerprint density at radius 1 is 1.77 bits per heavy atom. The van der Waals surface area contributed by atoms with Crippen LogP contribution in [0.1, 0.15) is 10.8 Å². The number of nitrogens with two attached hydrogens (primary N) is 1. The minimum atomic E-state index is 0.196. The van der Waals surface area contributed by atoms with Gasteiger partial charge in [0.2, 0.25) is 0 Å². The van der Waals surface area contributed by atoms with Crippen LogP contribution in [0.3, 0.4) is 0 Å². The molecule has 0 aliphatic carbocycles. The molecular formula is C8H15N3OS. The third-order valence-electron chi connectivity index (χ3n) is 1.72. The predicted octanol–water partition coefficient (Wildman–Crippen LogP) is 0.145. The van der Waals surface area contributed by atoms with E-state index in [0.29, 0.717) is 6.54 Å². The summed E-state index contributed by atoms with van der Waals surface area (Å²) in [5.74, 6) is 0.719. The van der Waals surface area contributed by atoms with E-state index in [9.17, 15) is 0 Å². The summed E-state index contributed by atoms with van der Waals surface area (Å²) >= 11 is 1.66. The van der Waals surface area contributed by atoms with E-state index in [1.807, 2.05) is 19.4 Å². The molecule has 1 atom stereocenters. The fourth-order valence-electron chi connectivity index (χ4n) is 1.10. The van der Waals surface area contributed by atoms with Gasteiger partial charge in [0.05, 0.1) is 12.8 Å². The standard InChI is InChI=1S/C8H15N3OS/c1-11-6-7(5-10-11)8(4-9)13-3-2-12/h5-6,8,12H,2-4,9H2,1H3. The quantitative estimate of drug-likeness (QED) is 0.711. The second-order valence-electron chi connectivity index (χ2n) is 2.77. The molecule has 74 valence electrons. The minimum Gasteiger partial charge on any atom is -0.396 e. The van der Waals surface area contributed by atoms with Crippen LogP contribution in [-0.4, -0.2) is 33.8 Å². The summed E-state index contributed by atoms with van der Waals surface area (Å²) in [6, 6.07) is 0. The van der Waals surface area contributed by atoms with E-state index < -0.39 is 0 Å². The Hall–Kier alpha value is -0.520. The Kier molecular flexibility index (Phi) is 4.27. The van der Waals surface area contributed by atoms with E-state index in [1.54, 1.807) is 16.4 Å². The van der Waals surface area contributed by atoms with Gasteiger partial charge in [0.15, 0.2) is 0 Å². The van der Waals surface area contributed by atoms with Crippen molar-refractivity contribution in [3.05, 3.63) is 18.0 Å². The molecule has 0 spiro atoms. The molecule has 0 aliphatic heterocycles. The monoisotopic (exact) mass is 201 g/mol. The summed E-state index contributed by atoms with van der Waals surface area (Å²) in [5.41, 5.74) is 6.74. The van der Waals surface area contributed by atoms with Crippen LogP contribution in [0.4, 0.5) is 0 Å². The van der Waals surface area contributed by atoms with E-state index in [2.05, 4.69) is 5.10 Å². The van der Waals surface area contributed by atoms with Crippen LogP contribution < -0.4 is 5.73 Å². The fraction of sp³-hybridized carbons (Fsp3) is 0.625. The molecule has 1 heterocycles. The van der Waals surface area contributed by atoms with Gasteiger partial charge in [-0.2, -0.15) is 5.10 Å². The first kappa shape index (κ1) is 10.6. The maximum atomic E-state index is 8.68. The first-order valence-corrected chi connectivity index (χ1v) is 5.24. The lowest BCUT2D eigenvalue weighted by Gasteiger charge is -2.10. The van der Waals surface area contributed by atoms with Crippen molar-refractivity contribution < 1.29 is 5.11 Å². The number of thioether (sulfide) groups is 1. The van der Waals surface area contributed by atoms with Gasteiger partial charge in [0.25, 0.3) is 0 Å². The zero-order valence-electron chi connectivity index (χ0n) is 7.68. The number of aromatic nitrogens is 2. The molecule has 0 aromatic carbocycles. The zero-order valence-corrected chi connectivity index (χ0v) is 8.50. The average molecular weight is 201 g/mol. The Labute approximate surface area is 82.1 Å². The molecule has 0 amide bonds. The van der Waals surface area contributed by atoms with Gasteiger partial charge >= 0.3 is 0 Å². The molecule has 0 saturated carbocycles. The van der Waals surface area contributed by atoms with Gasteiger partial charge in [-0.05, 0) is 0 Å². The highest BCUT2D eigenvalue weighted by atomic mass is 32.2. The van der Waals surface area contributed by atoms with Crippen molar-refractivity contribution in [3.63, 3.8) is 0 Å². The van der Waals surface area contributed by atoms with Crippen molar-refractivity contribution in [1.29, 1.82) is 0 Å². The number of hydrogen-bond acceptors (Lipinski definition) is 4. The van der Waals surface area contributed by atoms with Crippen molar-refractivity contribution >= 4 is 11.8 Å². The normalized spacial score (nSPS) is 13.2. The summed E-state index contributed by atoms with van der Waals surface area (Å²) in [5, 5.41) is 13.0. The Morgan fingerprint density at radius 3 is 3.00 bits per heavy atom. The maximum Gasteiger partial charge on any atom is 0.0533 e. The number of aryl methyl sites for hydroxylation is 1. The van der Waals surface area contributed by atoms with E-state index in [4.69, 9.17) is 10.8 Å². The summed E-state index contributed by atoms with van der Waals surface area (Å²) in [6.07, 6.45) is 3.78. The number of hydrogen-bond donors (Lipinski definition) is 2. The van der Waals surface area contributed by atoms with Crippen molar-refractivity contribution in [2.75, 3.05) is 18.9 Å². The summed E-state index contributed by atoms with van der Waals surface area (Å²) in [6.45, 7) is 0.776. The Bertz CT molecular complexity index is 251. The number of rotatable bonds is 5. The average Bonchev–Trinajstić information content (AvgIpc) is 2.54. The largest absolute Gasteiger partial charge is 0.396 e. The van der Waals surface area contributed by atoms with Gasteiger partial charge in [-0.3, -0.25) is 4.68 Å². The number of aliphatic hydroxyl groups is 1. The first-order valence-electron chi connectivity index (χ1n) is 4.19. The highest BCUT2D eigenvalue weighted by Gasteiger charge is 2.10. The van der Waals surface area contributed by atoms with Gasteiger partial charge < -0.3 is 10.8 Å². The molecule has 1 rings (SSSR count). The highest BCUT2D eigenvalue weighted by Crippen LogP contribution is 2.26. The lowest BCUT2D eigenvalue weighted by Crippen LogP contribution is -2.10. The summed E-state index contributed by atoms with van der Waals surface area (Å²) in [4.78, 5) is 0. The SMILES string of the molecule is Cn1cc(C(CN)SCCO)cn1. The van der Waals surface area contributed by atoms with Crippen molar-refractivity contribution in [2.45, 2.75) is 5.25 Å². The second-order valence-corrected chi connectivity index (χ2v) is 4.08. The zero-order chi connectivity index (χ0) is 9.68. The molecule has 0 saturated heterocycles. The molecule has 1 aromatic heterocycles. The third-order valence-corrected chi connectivity index (χ3v) is 3.01. The van der Waals surface area contributed by atoms with Gasteiger partial charge in [-0.25, -0.2) is 0 Å². The molecule has 0 bridgehead atoms. The Balaban J connectivity index is 2.56. The molecule has 5 heteroatoms. The van der Waals surface area contributed by atoms with Crippen LogP contribution in [0.25, 0.3) is 0 Å². The molecule has 1 aromatic rings. The van der Waals surface area contributed by atoms with Crippen molar-refractivity contribution in [3.8, 4) is 0 Å². The molecule has 0 fully saturated rings. The topological polar surface area (TPSA) is 64.1 Å². The van der Waals surface area contributed by atoms with Gasteiger partial charge in [0.1, 0.15) is 0 Å². The summed E-state index contributed by atoms with van der Waals surface area (Å²) < 4.78 is 1.76. The molecule has 1 unspecified atom stereocenters. The van der Waals surface area contributed by atoms with Crippen LogP contribution >= 0.6 is 11.8 Å². The van der Waals surface area contributed by atoms with Gasteiger partial charge in [-0.1, -0.05) is 0 Å². The highest BCUT2D eigenvalue weighted by molar-refractivity contribution is 7.99. The van der Waals surface area contributed by atoms with Crippen LogP contribution in [0.5, 0.6) is 0 Å². The molecule has 3 N–H and O–H groups in total. The van der Waals surface area contributed by atoms with E-state index in [-0.39, 0.29) is 11.9 Å². The molecule has 4 nitrogen and oxygen atoms in total. The molecule has 13 heavy (non-hydrogen) atoms. The lowest BCUT2D eigenvalue weighted by atomic mass is 10.2. The number of nitrogens with zero attached hydrogens (tertiary/aromatic N) is 2. The summed E-state index contributed by atoms with van der Waals surface area (Å²) in [7, 11) is 1.88. The molecule has 0 aliphatic rings. The van der Waals surface area contributed by atoms with Crippen molar-refractivity contribution in [2.24, 2.45) is 12.8 Å². The van der Waals surface area contributed by atoms with E-state index >= 15 is 0 Å². The van der Waals surface area contributed by atoms with Crippen LogP contribution in [0.2, 0.25) is 0 Å². The fourth-order valence-corrected chi connectivity index (χ4v) is 1.94. The number of aliphatic hydroxyl groups excluding tert-OH is 1. The first-order chi connectivity index (χ1) is 6.27. The second kappa shape index (κ2) is 5.26. The minimum absolute atomic E-state index is 0.196. The van der Waals surface area contributed by atoms with Crippen LogP contribution in [-0.2, 0) is 7.05 Å². The van der Waals surface area contributed by atoms with Gasteiger partial charge in [0, 0.05) is 36.4 Å². The van der Waals surface area contributed by atoms with Gasteiger partial charge in [-0.15, -0.1) is 11.8 Å². The predicted molar refractivity (Wildman–Crippen MR) is 54.5 cm³/mol. The molecular weight excluding hydrogens is 186 g/mol. The molecule has 0 radical (unpaired) electrons. The van der Waals surface area contributed by atoms with Crippen LogP contribution in [0.15, 0.2) is 12.4 Å². The van der Waals surface area contributed by atoms with E-state index in [1.165, 1.54) is 0 Å². The Morgan fingerprint density at radius 2 is 2.54 bits per heavy atom. The van der Waals surface area contributed by atoms with Crippen LogP contribution in [0, 0.1) is 0 Å². The smallest absolute Gasteiger partial charge is 0.0533 e.